The standard InChI is InChI=1S/C16H14BrF7INO/c17-11-6-4-10(5-7-11)13(27)26-8-2-1-3-12(25)9-14(18,19)15(20,21)16(22,23)24/h4-7,9H,1-3,8H2,(H,26,27). The zero-order valence-electron chi connectivity index (χ0n) is 13.5. The Bertz CT molecular complexity index is 674. The highest BCUT2D eigenvalue weighted by atomic mass is 127. The summed E-state index contributed by atoms with van der Waals surface area (Å²) < 4.78 is 88.8. The van der Waals surface area contributed by atoms with Crippen LogP contribution in [0.15, 0.2) is 38.4 Å². The van der Waals surface area contributed by atoms with Crippen LogP contribution in [0.25, 0.3) is 0 Å². The fraction of sp³-hybridized carbons (Fsp3) is 0.438. The Balaban J connectivity index is 2.46. The van der Waals surface area contributed by atoms with E-state index < -0.39 is 18.0 Å². The predicted octanol–water partition coefficient (Wildman–Crippen LogP) is 6.50. The number of allylic oxidation sites excluding steroid dienone is 2. The number of hydrogen-bond acceptors (Lipinski definition) is 1. The number of nitrogens with one attached hydrogen (secondary N) is 1. The van der Waals surface area contributed by atoms with Gasteiger partial charge in [0.2, 0.25) is 0 Å². The van der Waals surface area contributed by atoms with E-state index >= 15 is 0 Å². The molecule has 27 heavy (non-hydrogen) atoms. The van der Waals surface area contributed by atoms with Gasteiger partial charge in [-0.3, -0.25) is 4.79 Å². The summed E-state index contributed by atoms with van der Waals surface area (Å²) in [5.41, 5.74) is 0.418. The second kappa shape index (κ2) is 9.57. The molecule has 0 spiro atoms. The van der Waals surface area contributed by atoms with E-state index in [-0.39, 0.29) is 34.9 Å². The monoisotopic (exact) mass is 575 g/mol. The molecule has 0 unspecified atom stereocenters. The van der Waals surface area contributed by atoms with Crippen LogP contribution >= 0.6 is 38.5 Å². The molecule has 1 amide bonds. The highest BCUT2D eigenvalue weighted by Gasteiger charge is 2.72. The number of carbonyl (C=O) groups excluding carboxylic acids is 1. The van der Waals surface area contributed by atoms with Crippen molar-refractivity contribution in [2.24, 2.45) is 0 Å². The summed E-state index contributed by atoms with van der Waals surface area (Å²) in [4.78, 5) is 11.8. The quantitative estimate of drug-likeness (QED) is 0.214. The van der Waals surface area contributed by atoms with Crippen LogP contribution in [-0.2, 0) is 0 Å². The maximum Gasteiger partial charge on any atom is 0.460 e. The number of halogens is 9. The summed E-state index contributed by atoms with van der Waals surface area (Å²) in [6, 6.07) is 6.54. The molecule has 1 N–H and O–H groups in total. The molecule has 1 rings (SSSR count). The van der Waals surface area contributed by atoms with Crippen molar-refractivity contribution < 1.29 is 35.5 Å². The molecule has 1 aromatic rings. The second-order valence-corrected chi connectivity index (χ2v) is 7.81. The lowest BCUT2D eigenvalue weighted by Gasteiger charge is -2.26. The molecule has 0 aliphatic carbocycles. The van der Waals surface area contributed by atoms with Crippen LogP contribution in [-0.4, -0.2) is 30.5 Å². The van der Waals surface area contributed by atoms with E-state index in [4.69, 9.17) is 0 Å². The van der Waals surface area contributed by atoms with Crippen molar-refractivity contribution in [1.82, 2.24) is 5.32 Å². The molecule has 0 fully saturated rings. The molecule has 0 aliphatic rings. The Morgan fingerprint density at radius 2 is 1.59 bits per heavy atom. The van der Waals surface area contributed by atoms with Gasteiger partial charge in [0.1, 0.15) is 0 Å². The predicted molar refractivity (Wildman–Crippen MR) is 98.4 cm³/mol. The molecular weight excluding hydrogens is 562 g/mol. The van der Waals surface area contributed by atoms with Gasteiger partial charge in [0.05, 0.1) is 0 Å². The summed E-state index contributed by atoms with van der Waals surface area (Å²) in [6.45, 7) is 0.202. The third kappa shape index (κ3) is 6.91. The zero-order chi connectivity index (χ0) is 20.9. The minimum Gasteiger partial charge on any atom is -0.352 e. The maximum absolute atomic E-state index is 13.2. The molecule has 0 bridgehead atoms. The fourth-order valence-electron chi connectivity index (χ4n) is 1.87. The lowest BCUT2D eigenvalue weighted by Crippen LogP contribution is -2.50. The first kappa shape index (κ1) is 24.2. The van der Waals surface area contributed by atoms with Gasteiger partial charge in [-0.25, -0.2) is 0 Å². The van der Waals surface area contributed by atoms with E-state index in [0.717, 1.165) is 4.47 Å². The summed E-state index contributed by atoms with van der Waals surface area (Å²) in [6.07, 6.45) is -6.26. The first-order valence-corrected chi connectivity index (χ1v) is 9.38. The van der Waals surface area contributed by atoms with E-state index in [1.807, 2.05) is 0 Å². The number of rotatable bonds is 8. The smallest absolute Gasteiger partial charge is 0.352 e. The van der Waals surface area contributed by atoms with Crippen LogP contribution in [0.3, 0.4) is 0 Å². The van der Waals surface area contributed by atoms with Crippen LogP contribution in [0, 0.1) is 0 Å². The molecule has 0 saturated carbocycles. The minimum absolute atomic E-state index is 0.113. The van der Waals surface area contributed by atoms with Crippen molar-refractivity contribution in [3.05, 3.63) is 44.0 Å². The average Bonchev–Trinajstić information content (AvgIpc) is 2.53. The number of amides is 1. The Kier molecular flexibility index (Phi) is 8.57. The normalized spacial score (nSPS) is 13.6. The zero-order valence-corrected chi connectivity index (χ0v) is 17.3. The summed E-state index contributed by atoms with van der Waals surface area (Å²) in [5.74, 6) is -11.8. The highest BCUT2D eigenvalue weighted by Crippen LogP contribution is 2.48. The molecule has 0 saturated heterocycles. The maximum atomic E-state index is 13.2. The van der Waals surface area contributed by atoms with Gasteiger partial charge in [0, 0.05) is 22.7 Å². The minimum atomic E-state index is -6.35. The topological polar surface area (TPSA) is 29.1 Å². The van der Waals surface area contributed by atoms with Gasteiger partial charge in [0.15, 0.2) is 0 Å². The van der Waals surface area contributed by atoms with Crippen LogP contribution in [0.4, 0.5) is 30.7 Å². The fourth-order valence-corrected chi connectivity index (χ4v) is 2.91. The SMILES string of the molecule is O=C(NCCCCC(I)=CC(F)(F)C(F)(F)C(F)(F)F)c1ccc(Br)cc1. The molecule has 152 valence electrons. The number of alkyl halides is 7. The molecule has 0 heterocycles. The van der Waals surface area contributed by atoms with E-state index in [2.05, 4.69) is 21.2 Å². The molecule has 0 atom stereocenters. The first-order valence-electron chi connectivity index (χ1n) is 7.51. The summed E-state index contributed by atoms with van der Waals surface area (Å²) >= 11 is 4.53. The Morgan fingerprint density at radius 1 is 1.04 bits per heavy atom. The van der Waals surface area contributed by atoms with Crippen molar-refractivity contribution >= 4 is 44.4 Å². The summed E-state index contributed by atoms with van der Waals surface area (Å²) in [7, 11) is 0. The molecular formula is C16H14BrF7INO. The van der Waals surface area contributed by atoms with Gasteiger partial charge in [-0.05, 0) is 69.7 Å². The first-order chi connectivity index (χ1) is 12.3. The van der Waals surface area contributed by atoms with Gasteiger partial charge in [-0.2, -0.15) is 30.7 Å². The summed E-state index contributed by atoms with van der Waals surface area (Å²) in [5, 5.41) is 2.59. The highest BCUT2D eigenvalue weighted by molar-refractivity contribution is 14.1. The van der Waals surface area contributed by atoms with Crippen molar-refractivity contribution in [3.63, 3.8) is 0 Å². The number of carbonyl (C=O) groups is 1. The van der Waals surface area contributed by atoms with Crippen molar-refractivity contribution in [3.8, 4) is 0 Å². The van der Waals surface area contributed by atoms with Gasteiger partial charge >= 0.3 is 18.0 Å². The van der Waals surface area contributed by atoms with Gasteiger partial charge in [0.25, 0.3) is 5.91 Å². The van der Waals surface area contributed by atoms with Crippen LogP contribution in [0.1, 0.15) is 29.6 Å². The number of benzene rings is 1. The third-order valence-corrected chi connectivity index (χ3v) is 4.73. The van der Waals surface area contributed by atoms with E-state index in [1.54, 1.807) is 24.3 Å². The molecule has 0 aliphatic heterocycles. The molecule has 0 radical (unpaired) electrons. The van der Waals surface area contributed by atoms with Crippen LogP contribution in [0.2, 0.25) is 0 Å². The molecule has 2 nitrogen and oxygen atoms in total. The van der Waals surface area contributed by atoms with Gasteiger partial charge in [-0.1, -0.05) is 15.9 Å². The largest absolute Gasteiger partial charge is 0.460 e. The van der Waals surface area contributed by atoms with E-state index in [9.17, 15) is 35.5 Å². The average molecular weight is 576 g/mol. The molecule has 1 aromatic carbocycles. The Morgan fingerprint density at radius 3 is 2.11 bits per heavy atom. The number of unbranched alkanes of at least 4 members (excludes halogenated alkanes) is 1. The molecule has 11 heteroatoms. The van der Waals surface area contributed by atoms with Crippen molar-refractivity contribution in [2.75, 3.05) is 6.54 Å². The van der Waals surface area contributed by atoms with Crippen LogP contribution < -0.4 is 5.32 Å². The van der Waals surface area contributed by atoms with Crippen LogP contribution in [0.5, 0.6) is 0 Å². The van der Waals surface area contributed by atoms with Gasteiger partial charge in [-0.15, -0.1) is 0 Å². The van der Waals surface area contributed by atoms with Gasteiger partial charge < -0.3 is 5.32 Å². The Labute approximate surface area is 172 Å². The molecule has 0 aromatic heterocycles. The van der Waals surface area contributed by atoms with E-state index in [1.165, 1.54) is 22.6 Å². The van der Waals surface area contributed by atoms with Crippen molar-refractivity contribution in [2.45, 2.75) is 37.3 Å². The second-order valence-electron chi connectivity index (χ2n) is 5.51. The Hall–Kier alpha value is -0.850. The third-order valence-electron chi connectivity index (χ3n) is 3.35. The lowest BCUT2D eigenvalue weighted by atomic mass is 10.1. The lowest BCUT2D eigenvalue weighted by molar-refractivity contribution is -0.341. The number of hydrogen-bond donors (Lipinski definition) is 1. The van der Waals surface area contributed by atoms with Crippen molar-refractivity contribution in [1.29, 1.82) is 0 Å². The van der Waals surface area contributed by atoms with E-state index in [0.29, 0.717) is 12.0 Å².